The lowest BCUT2D eigenvalue weighted by molar-refractivity contribution is -0.113. The van der Waals surface area contributed by atoms with E-state index in [1.54, 1.807) is 7.11 Å². The number of amides is 1. The highest BCUT2D eigenvalue weighted by atomic mass is 16.5. The highest BCUT2D eigenvalue weighted by Gasteiger charge is 2.16. The Morgan fingerprint density at radius 3 is 2.93 bits per heavy atom. The minimum Gasteiger partial charge on any atom is -0.497 e. The molecule has 0 heterocycles. The third-order valence-corrected chi connectivity index (χ3v) is 2.64. The van der Waals surface area contributed by atoms with Gasteiger partial charge in [-0.1, -0.05) is 6.07 Å². The van der Waals surface area contributed by atoms with Crippen molar-refractivity contribution in [1.29, 1.82) is 0 Å². The molecule has 0 saturated carbocycles. The summed E-state index contributed by atoms with van der Waals surface area (Å²) < 4.78 is 5.14. The molecule has 0 aliphatic heterocycles. The standard InChI is InChI=1S/C12H13NO2/c1-15-10-4-5-11-8(6-10)2-3-9(11)7-12(13)14/h4-7H,2-3H2,1H3,(H2,13,14). The van der Waals surface area contributed by atoms with E-state index in [1.165, 1.54) is 11.6 Å². The SMILES string of the molecule is COc1ccc2c(c1)CCC2=CC(N)=O. The van der Waals surface area contributed by atoms with Crippen LogP contribution in [0.2, 0.25) is 0 Å². The quantitative estimate of drug-likeness (QED) is 0.741. The first kappa shape index (κ1) is 9.77. The average Bonchev–Trinajstić information content (AvgIpc) is 2.60. The summed E-state index contributed by atoms with van der Waals surface area (Å²) in [5, 5.41) is 0. The zero-order chi connectivity index (χ0) is 10.8. The number of ether oxygens (including phenoxy) is 1. The van der Waals surface area contributed by atoms with E-state index in [9.17, 15) is 4.79 Å². The third kappa shape index (κ3) is 1.86. The minimum atomic E-state index is -0.381. The molecule has 0 bridgehead atoms. The van der Waals surface area contributed by atoms with E-state index >= 15 is 0 Å². The Morgan fingerprint density at radius 2 is 2.27 bits per heavy atom. The number of aryl methyl sites for hydroxylation is 1. The van der Waals surface area contributed by atoms with Gasteiger partial charge in [0, 0.05) is 6.08 Å². The van der Waals surface area contributed by atoms with Crippen molar-refractivity contribution in [3.63, 3.8) is 0 Å². The number of methoxy groups -OCH3 is 1. The Balaban J connectivity index is 2.40. The van der Waals surface area contributed by atoms with Crippen LogP contribution in [0.15, 0.2) is 24.3 Å². The molecule has 0 unspecified atom stereocenters. The molecule has 0 atom stereocenters. The number of hydrogen-bond acceptors (Lipinski definition) is 2. The summed E-state index contributed by atoms with van der Waals surface area (Å²) in [5.41, 5.74) is 8.52. The maximum Gasteiger partial charge on any atom is 0.241 e. The number of hydrogen-bond donors (Lipinski definition) is 1. The summed E-state index contributed by atoms with van der Waals surface area (Å²) in [6, 6.07) is 5.89. The Kier molecular flexibility index (Phi) is 2.46. The van der Waals surface area contributed by atoms with E-state index in [0.717, 1.165) is 29.7 Å². The van der Waals surface area contributed by atoms with Crippen LogP contribution in [0.25, 0.3) is 5.57 Å². The van der Waals surface area contributed by atoms with Gasteiger partial charge < -0.3 is 10.5 Å². The Bertz CT molecular complexity index is 435. The van der Waals surface area contributed by atoms with Crippen molar-refractivity contribution in [1.82, 2.24) is 0 Å². The smallest absolute Gasteiger partial charge is 0.241 e. The average molecular weight is 203 g/mol. The summed E-state index contributed by atoms with van der Waals surface area (Å²) in [6.45, 7) is 0. The first-order chi connectivity index (χ1) is 7.20. The number of allylic oxidation sites excluding steroid dienone is 1. The molecule has 1 aliphatic carbocycles. The summed E-state index contributed by atoms with van der Waals surface area (Å²) in [6.07, 6.45) is 3.34. The molecule has 0 fully saturated rings. The summed E-state index contributed by atoms with van der Waals surface area (Å²) in [7, 11) is 1.65. The molecule has 3 heteroatoms. The van der Waals surface area contributed by atoms with Crippen molar-refractivity contribution >= 4 is 11.5 Å². The second-order valence-corrected chi connectivity index (χ2v) is 3.60. The number of rotatable bonds is 2. The zero-order valence-corrected chi connectivity index (χ0v) is 8.62. The van der Waals surface area contributed by atoms with E-state index in [0.29, 0.717) is 0 Å². The van der Waals surface area contributed by atoms with E-state index < -0.39 is 0 Å². The van der Waals surface area contributed by atoms with E-state index in [1.807, 2.05) is 18.2 Å². The van der Waals surface area contributed by atoms with Crippen LogP contribution >= 0.6 is 0 Å². The maximum atomic E-state index is 10.8. The van der Waals surface area contributed by atoms with Crippen LogP contribution in [-0.4, -0.2) is 13.0 Å². The van der Waals surface area contributed by atoms with Gasteiger partial charge in [-0.15, -0.1) is 0 Å². The minimum absolute atomic E-state index is 0.381. The van der Waals surface area contributed by atoms with Crippen LogP contribution in [0.1, 0.15) is 17.5 Å². The molecule has 0 radical (unpaired) electrons. The number of primary amides is 1. The first-order valence-electron chi connectivity index (χ1n) is 4.88. The molecule has 0 spiro atoms. The third-order valence-electron chi connectivity index (χ3n) is 2.64. The summed E-state index contributed by atoms with van der Waals surface area (Å²) in [5.74, 6) is 0.475. The molecule has 2 rings (SSSR count). The second-order valence-electron chi connectivity index (χ2n) is 3.60. The molecular weight excluding hydrogens is 190 g/mol. The van der Waals surface area contributed by atoms with Crippen LogP contribution < -0.4 is 10.5 Å². The molecule has 1 aromatic rings. The van der Waals surface area contributed by atoms with Gasteiger partial charge in [0.25, 0.3) is 0 Å². The van der Waals surface area contributed by atoms with Crippen molar-refractivity contribution in [2.45, 2.75) is 12.8 Å². The number of carbonyl (C=O) groups excluding carboxylic acids is 1. The van der Waals surface area contributed by atoms with E-state index in [4.69, 9.17) is 10.5 Å². The Labute approximate surface area is 88.5 Å². The molecule has 0 aromatic heterocycles. The number of carbonyl (C=O) groups is 1. The molecule has 1 amide bonds. The van der Waals surface area contributed by atoms with Gasteiger partial charge in [0.05, 0.1) is 7.11 Å². The molecule has 3 nitrogen and oxygen atoms in total. The van der Waals surface area contributed by atoms with Crippen LogP contribution in [0.4, 0.5) is 0 Å². The van der Waals surface area contributed by atoms with Gasteiger partial charge in [-0.2, -0.15) is 0 Å². The lowest BCUT2D eigenvalue weighted by atomic mass is 10.1. The fourth-order valence-corrected chi connectivity index (χ4v) is 1.94. The monoisotopic (exact) mass is 203 g/mol. The number of nitrogens with two attached hydrogens (primary N) is 1. The predicted octanol–water partition coefficient (Wildman–Crippen LogP) is 1.51. The van der Waals surface area contributed by atoms with E-state index in [2.05, 4.69) is 0 Å². The van der Waals surface area contributed by atoms with Crippen LogP contribution in [0.3, 0.4) is 0 Å². The molecule has 0 saturated heterocycles. The molecule has 2 N–H and O–H groups in total. The molecule has 1 aromatic carbocycles. The van der Waals surface area contributed by atoms with Gasteiger partial charge in [-0.3, -0.25) is 4.79 Å². The van der Waals surface area contributed by atoms with Crippen molar-refractivity contribution in [3.05, 3.63) is 35.4 Å². The van der Waals surface area contributed by atoms with Gasteiger partial charge in [0.1, 0.15) is 5.75 Å². The van der Waals surface area contributed by atoms with Gasteiger partial charge in [-0.05, 0) is 41.7 Å². The normalized spacial score (nSPS) is 16.5. The molecule has 15 heavy (non-hydrogen) atoms. The number of benzene rings is 1. The van der Waals surface area contributed by atoms with E-state index in [-0.39, 0.29) is 5.91 Å². The fraction of sp³-hybridized carbons (Fsp3) is 0.250. The Morgan fingerprint density at radius 1 is 1.47 bits per heavy atom. The van der Waals surface area contributed by atoms with Crippen molar-refractivity contribution in [2.75, 3.05) is 7.11 Å². The van der Waals surface area contributed by atoms with Gasteiger partial charge in [0.2, 0.25) is 5.91 Å². The van der Waals surface area contributed by atoms with Gasteiger partial charge in [0.15, 0.2) is 0 Å². The largest absolute Gasteiger partial charge is 0.497 e. The lowest BCUT2D eigenvalue weighted by Gasteiger charge is -2.03. The molecular formula is C12H13NO2. The van der Waals surface area contributed by atoms with Gasteiger partial charge in [-0.25, -0.2) is 0 Å². The Hall–Kier alpha value is -1.77. The highest BCUT2D eigenvalue weighted by molar-refractivity contribution is 5.95. The van der Waals surface area contributed by atoms with Crippen LogP contribution in [0.5, 0.6) is 5.75 Å². The van der Waals surface area contributed by atoms with Crippen molar-refractivity contribution in [2.24, 2.45) is 5.73 Å². The second kappa shape index (κ2) is 3.77. The fourth-order valence-electron chi connectivity index (χ4n) is 1.94. The van der Waals surface area contributed by atoms with Crippen LogP contribution in [-0.2, 0) is 11.2 Å². The first-order valence-corrected chi connectivity index (χ1v) is 4.88. The zero-order valence-electron chi connectivity index (χ0n) is 8.62. The molecule has 78 valence electrons. The van der Waals surface area contributed by atoms with Crippen LogP contribution in [0, 0.1) is 0 Å². The molecule has 1 aliphatic rings. The topological polar surface area (TPSA) is 52.3 Å². The lowest BCUT2D eigenvalue weighted by Crippen LogP contribution is -2.06. The highest BCUT2D eigenvalue weighted by Crippen LogP contribution is 2.34. The van der Waals surface area contributed by atoms with Crippen molar-refractivity contribution in [3.8, 4) is 5.75 Å². The summed E-state index contributed by atoms with van der Waals surface area (Å²) >= 11 is 0. The maximum absolute atomic E-state index is 10.8. The summed E-state index contributed by atoms with van der Waals surface area (Å²) in [4.78, 5) is 10.8. The van der Waals surface area contributed by atoms with Gasteiger partial charge >= 0.3 is 0 Å². The predicted molar refractivity (Wildman–Crippen MR) is 58.5 cm³/mol. The van der Waals surface area contributed by atoms with Crippen molar-refractivity contribution < 1.29 is 9.53 Å². The number of fused-ring (bicyclic) bond motifs is 1.